The van der Waals surface area contributed by atoms with Gasteiger partial charge >= 0.3 is 0 Å². The summed E-state index contributed by atoms with van der Waals surface area (Å²) in [6.07, 6.45) is 0.450. The van der Waals surface area contributed by atoms with Crippen molar-refractivity contribution in [2.24, 2.45) is 0 Å². The van der Waals surface area contributed by atoms with Gasteiger partial charge in [-0.3, -0.25) is 9.69 Å². The molecule has 0 saturated carbocycles. The summed E-state index contributed by atoms with van der Waals surface area (Å²) in [6, 6.07) is 8.24. The number of benzene rings is 1. The quantitative estimate of drug-likeness (QED) is 0.903. The third-order valence-corrected chi connectivity index (χ3v) is 4.42. The summed E-state index contributed by atoms with van der Waals surface area (Å²) in [5, 5.41) is 3.99. The molecule has 20 heavy (non-hydrogen) atoms. The number of piperazine rings is 1. The van der Waals surface area contributed by atoms with E-state index in [0.717, 1.165) is 44.8 Å². The van der Waals surface area contributed by atoms with Gasteiger partial charge in [-0.1, -0.05) is 23.7 Å². The zero-order valence-corrected chi connectivity index (χ0v) is 12.3. The van der Waals surface area contributed by atoms with Gasteiger partial charge in [0.1, 0.15) is 0 Å². The first-order valence-electron chi connectivity index (χ1n) is 7.19. The highest BCUT2D eigenvalue weighted by atomic mass is 35.5. The van der Waals surface area contributed by atoms with Gasteiger partial charge in [-0.2, -0.15) is 0 Å². The van der Waals surface area contributed by atoms with E-state index in [1.165, 1.54) is 0 Å². The maximum Gasteiger partial charge on any atom is 0.227 e. The largest absolute Gasteiger partial charge is 0.340 e. The molecule has 108 valence electrons. The number of amides is 1. The van der Waals surface area contributed by atoms with E-state index in [1.54, 1.807) is 0 Å². The molecular formula is C15H20ClN3O. The van der Waals surface area contributed by atoms with Crippen molar-refractivity contribution in [3.05, 3.63) is 34.9 Å². The van der Waals surface area contributed by atoms with Crippen LogP contribution in [0.4, 0.5) is 0 Å². The lowest BCUT2D eigenvalue weighted by Crippen LogP contribution is -2.62. The molecule has 4 nitrogen and oxygen atoms in total. The molecule has 0 spiro atoms. The number of rotatable bonds is 3. The molecule has 2 saturated heterocycles. The lowest BCUT2D eigenvalue weighted by Gasteiger charge is -2.43. The molecule has 1 aromatic rings. The second kappa shape index (κ2) is 6.12. The standard InChI is InChI=1S/C15H20ClN3O/c16-13-3-1-2-12(8-13)9-15(20)19-6-4-18(5-7-19)14-10-17-11-14/h1-3,8,14,17H,4-7,9-11H2. The van der Waals surface area contributed by atoms with E-state index in [9.17, 15) is 4.79 Å². The Bertz CT molecular complexity index is 482. The number of nitrogens with one attached hydrogen (secondary N) is 1. The first-order valence-corrected chi connectivity index (χ1v) is 7.57. The summed E-state index contributed by atoms with van der Waals surface area (Å²) in [7, 11) is 0. The zero-order valence-electron chi connectivity index (χ0n) is 11.5. The molecule has 2 heterocycles. The molecule has 2 aliphatic heterocycles. The average Bonchev–Trinajstić information content (AvgIpc) is 2.37. The molecule has 2 aliphatic rings. The molecule has 0 aliphatic carbocycles. The molecule has 1 aromatic carbocycles. The Kier molecular flexibility index (Phi) is 4.24. The number of carbonyl (C=O) groups is 1. The van der Waals surface area contributed by atoms with Gasteiger partial charge in [0.05, 0.1) is 6.42 Å². The maximum absolute atomic E-state index is 12.3. The summed E-state index contributed by atoms with van der Waals surface area (Å²) < 4.78 is 0. The second-order valence-electron chi connectivity index (χ2n) is 5.54. The Labute approximate surface area is 124 Å². The third-order valence-electron chi connectivity index (χ3n) is 4.19. The van der Waals surface area contributed by atoms with Crippen molar-refractivity contribution < 1.29 is 4.79 Å². The summed E-state index contributed by atoms with van der Waals surface area (Å²) in [6.45, 7) is 5.86. The van der Waals surface area contributed by atoms with Crippen LogP contribution in [0.25, 0.3) is 0 Å². The fourth-order valence-electron chi connectivity index (χ4n) is 2.80. The van der Waals surface area contributed by atoms with E-state index < -0.39 is 0 Å². The third kappa shape index (κ3) is 3.14. The van der Waals surface area contributed by atoms with Crippen LogP contribution in [0, 0.1) is 0 Å². The number of halogens is 1. The number of hydrogen-bond acceptors (Lipinski definition) is 3. The van der Waals surface area contributed by atoms with Crippen molar-refractivity contribution >= 4 is 17.5 Å². The molecule has 2 fully saturated rings. The highest BCUT2D eigenvalue weighted by Crippen LogP contribution is 2.14. The fraction of sp³-hybridized carbons (Fsp3) is 0.533. The van der Waals surface area contributed by atoms with Crippen LogP contribution in [0.5, 0.6) is 0 Å². The molecule has 0 radical (unpaired) electrons. The molecule has 0 bridgehead atoms. The van der Waals surface area contributed by atoms with E-state index in [1.807, 2.05) is 29.2 Å². The minimum absolute atomic E-state index is 0.207. The van der Waals surface area contributed by atoms with Gasteiger partial charge in [-0.15, -0.1) is 0 Å². The maximum atomic E-state index is 12.3. The summed E-state index contributed by atoms with van der Waals surface area (Å²) >= 11 is 5.95. The summed E-state index contributed by atoms with van der Waals surface area (Å²) in [4.78, 5) is 16.8. The van der Waals surface area contributed by atoms with Crippen LogP contribution < -0.4 is 5.32 Å². The van der Waals surface area contributed by atoms with Crippen LogP contribution in [0.2, 0.25) is 5.02 Å². The SMILES string of the molecule is O=C(Cc1cccc(Cl)c1)N1CCN(C2CNC2)CC1. The minimum atomic E-state index is 0.207. The molecule has 3 rings (SSSR count). The van der Waals surface area contributed by atoms with Crippen molar-refractivity contribution in [3.8, 4) is 0 Å². The molecule has 5 heteroatoms. The van der Waals surface area contributed by atoms with Crippen molar-refractivity contribution in [3.63, 3.8) is 0 Å². The molecule has 1 N–H and O–H groups in total. The van der Waals surface area contributed by atoms with E-state index >= 15 is 0 Å². The molecular weight excluding hydrogens is 274 g/mol. The molecule has 0 aromatic heterocycles. The Morgan fingerprint density at radius 3 is 2.60 bits per heavy atom. The first kappa shape index (κ1) is 13.9. The van der Waals surface area contributed by atoms with Crippen LogP contribution in [0.3, 0.4) is 0 Å². The number of carbonyl (C=O) groups excluding carboxylic acids is 1. The van der Waals surface area contributed by atoms with Crippen LogP contribution in [-0.4, -0.2) is 61.0 Å². The lowest BCUT2D eigenvalue weighted by molar-refractivity contribution is -0.132. The normalized spacial score (nSPS) is 20.8. The van der Waals surface area contributed by atoms with Gasteiger partial charge in [-0.25, -0.2) is 0 Å². The van der Waals surface area contributed by atoms with Gasteiger partial charge in [0.25, 0.3) is 0 Å². The predicted octanol–water partition coefficient (Wildman–Crippen LogP) is 0.998. The van der Waals surface area contributed by atoms with Gasteiger partial charge in [0.15, 0.2) is 0 Å². The Balaban J connectivity index is 1.51. The topological polar surface area (TPSA) is 35.6 Å². The monoisotopic (exact) mass is 293 g/mol. The average molecular weight is 294 g/mol. The molecule has 1 amide bonds. The zero-order chi connectivity index (χ0) is 13.9. The van der Waals surface area contributed by atoms with E-state index in [4.69, 9.17) is 11.6 Å². The number of nitrogens with zero attached hydrogens (tertiary/aromatic N) is 2. The Morgan fingerprint density at radius 1 is 1.25 bits per heavy atom. The molecule has 0 atom stereocenters. The van der Waals surface area contributed by atoms with E-state index in [-0.39, 0.29) is 5.91 Å². The van der Waals surface area contributed by atoms with E-state index in [0.29, 0.717) is 17.5 Å². The minimum Gasteiger partial charge on any atom is -0.340 e. The van der Waals surface area contributed by atoms with Gasteiger partial charge in [0.2, 0.25) is 5.91 Å². The summed E-state index contributed by atoms with van der Waals surface area (Å²) in [5.74, 6) is 0.207. The van der Waals surface area contributed by atoms with E-state index in [2.05, 4.69) is 10.2 Å². The van der Waals surface area contributed by atoms with Crippen molar-refractivity contribution in [1.29, 1.82) is 0 Å². The van der Waals surface area contributed by atoms with Gasteiger partial charge < -0.3 is 10.2 Å². The first-order chi connectivity index (χ1) is 9.72. The highest BCUT2D eigenvalue weighted by Gasteiger charge is 2.28. The smallest absolute Gasteiger partial charge is 0.227 e. The van der Waals surface area contributed by atoms with Crippen molar-refractivity contribution in [2.45, 2.75) is 12.5 Å². The fourth-order valence-corrected chi connectivity index (χ4v) is 3.01. The Hall–Kier alpha value is -1.10. The van der Waals surface area contributed by atoms with Crippen molar-refractivity contribution in [1.82, 2.24) is 15.1 Å². The van der Waals surface area contributed by atoms with Crippen LogP contribution in [-0.2, 0) is 11.2 Å². The Morgan fingerprint density at radius 2 is 2.00 bits per heavy atom. The van der Waals surface area contributed by atoms with Gasteiger partial charge in [0, 0.05) is 50.3 Å². The van der Waals surface area contributed by atoms with Gasteiger partial charge in [-0.05, 0) is 17.7 Å². The molecule has 0 unspecified atom stereocenters. The van der Waals surface area contributed by atoms with Crippen LogP contribution in [0.1, 0.15) is 5.56 Å². The second-order valence-corrected chi connectivity index (χ2v) is 5.97. The predicted molar refractivity (Wildman–Crippen MR) is 80.0 cm³/mol. The van der Waals surface area contributed by atoms with Crippen LogP contribution in [0.15, 0.2) is 24.3 Å². The van der Waals surface area contributed by atoms with Crippen molar-refractivity contribution in [2.75, 3.05) is 39.3 Å². The highest BCUT2D eigenvalue weighted by molar-refractivity contribution is 6.30. The summed E-state index contributed by atoms with van der Waals surface area (Å²) in [5.41, 5.74) is 0.994. The lowest BCUT2D eigenvalue weighted by atomic mass is 10.1. The number of hydrogen-bond donors (Lipinski definition) is 1. The van der Waals surface area contributed by atoms with Crippen LogP contribution >= 0.6 is 11.6 Å².